The van der Waals surface area contributed by atoms with Crippen molar-refractivity contribution in [3.05, 3.63) is 18.6 Å². The van der Waals surface area contributed by atoms with Gasteiger partial charge in [0.05, 0.1) is 13.2 Å². The van der Waals surface area contributed by atoms with Crippen LogP contribution >= 0.6 is 0 Å². The van der Waals surface area contributed by atoms with Gasteiger partial charge < -0.3 is 10.1 Å². The van der Waals surface area contributed by atoms with E-state index in [0.29, 0.717) is 12.4 Å². The average molecular weight is 319 g/mol. The number of nitrogens with one attached hydrogen (secondary N) is 2. The monoisotopic (exact) mass is 319 g/mol. The zero-order valence-corrected chi connectivity index (χ0v) is 13.5. The summed E-state index contributed by atoms with van der Waals surface area (Å²) < 4.78 is 5.48. The molecule has 0 spiro atoms. The van der Waals surface area contributed by atoms with E-state index in [4.69, 9.17) is 4.74 Å². The molecule has 1 saturated carbocycles. The van der Waals surface area contributed by atoms with Crippen LogP contribution < -0.4 is 10.6 Å². The standard InChI is InChI=1S/C16H25N5O2/c22-15(20-14-4-7-17-13-19-14)18-12-16(5-2-1-3-6-16)21-8-10-23-11-9-21/h4,7,13H,1-3,5-6,8-12H2,(H2,17,18,19,20,22). The first-order chi connectivity index (χ1) is 11.3. The molecule has 2 heterocycles. The number of aromatic nitrogens is 2. The van der Waals surface area contributed by atoms with Crippen molar-refractivity contribution < 1.29 is 9.53 Å². The highest BCUT2D eigenvalue weighted by Gasteiger charge is 2.38. The fourth-order valence-electron chi connectivity index (χ4n) is 3.62. The van der Waals surface area contributed by atoms with Gasteiger partial charge in [0.15, 0.2) is 0 Å². The summed E-state index contributed by atoms with van der Waals surface area (Å²) in [5.41, 5.74) is 0.0744. The Balaban J connectivity index is 1.58. The van der Waals surface area contributed by atoms with E-state index in [2.05, 4.69) is 25.5 Å². The first-order valence-electron chi connectivity index (χ1n) is 8.42. The van der Waals surface area contributed by atoms with Crippen molar-refractivity contribution in [2.75, 3.05) is 38.2 Å². The zero-order valence-electron chi connectivity index (χ0n) is 13.5. The number of carbonyl (C=O) groups is 1. The first-order valence-corrected chi connectivity index (χ1v) is 8.42. The maximum absolute atomic E-state index is 12.2. The van der Waals surface area contributed by atoms with Gasteiger partial charge in [-0.05, 0) is 18.9 Å². The molecule has 126 valence electrons. The van der Waals surface area contributed by atoms with Gasteiger partial charge in [0.2, 0.25) is 0 Å². The van der Waals surface area contributed by atoms with Gasteiger partial charge in [0.1, 0.15) is 12.1 Å². The summed E-state index contributed by atoms with van der Waals surface area (Å²) in [7, 11) is 0. The molecule has 1 aliphatic carbocycles. The molecular weight excluding hydrogens is 294 g/mol. The Morgan fingerprint density at radius 1 is 1.26 bits per heavy atom. The fourth-order valence-corrected chi connectivity index (χ4v) is 3.62. The summed E-state index contributed by atoms with van der Waals surface area (Å²) >= 11 is 0. The van der Waals surface area contributed by atoms with E-state index in [1.54, 1.807) is 12.3 Å². The molecule has 23 heavy (non-hydrogen) atoms. The second-order valence-corrected chi connectivity index (χ2v) is 6.29. The highest BCUT2D eigenvalue weighted by molar-refractivity contribution is 5.88. The van der Waals surface area contributed by atoms with Gasteiger partial charge in [-0.25, -0.2) is 14.8 Å². The quantitative estimate of drug-likeness (QED) is 0.882. The third kappa shape index (κ3) is 4.17. The maximum atomic E-state index is 12.2. The molecule has 2 amide bonds. The van der Waals surface area contributed by atoms with Gasteiger partial charge in [-0.3, -0.25) is 10.2 Å². The number of ether oxygens (including phenoxy) is 1. The number of amides is 2. The van der Waals surface area contributed by atoms with Crippen LogP contribution in [0.15, 0.2) is 18.6 Å². The number of carbonyl (C=O) groups excluding carboxylic acids is 1. The van der Waals surface area contributed by atoms with Gasteiger partial charge in [-0.2, -0.15) is 0 Å². The summed E-state index contributed by atoms with van der Waals surface area (Å²) in [4.78, 5) is 22.5. The molecule has 1 aromatic rings. The van der Waals surface area contributed by atoms with Crippen molar-refractivity contribution in [3.63, 3.8) is 0 Å². The lowest BCUT2D eigenvalue weighted by Gasteiger charge is -2.48. The van der Waals surface area contributed by atoms with Crippen molar-refractivity contribution >= 4 is 11.8 Å². The summed E-state index contributed by atoms with van der Waals surface area (Å²) in [5.74, 6) is 0.515. The van der Waals surface area contributed by atoms with E-state index < -0.39 is 0 Å². The van der Waals surface area contributed by atoms with Gasteiger partial charge in [-0.1, -0.05) is 19.3 Å². The number of morpholine rings is 1. The van der Waals surface area contributed by atoms with Gasteiger partial charge in [-0.15, -0.1) is 0 Å². The molecule has 2 aliphatic rings. The number of urea groups is 1. The summed E-state index contributed by atoms with van der Waals surface area (Å²) in [5, 5.41) is 5.80. The molecular formula is C16H25N5O2. The van der Waals surface area contributed by atoms with Crippen LogP contribution in [0.5, 0.6) is 0 Å². The van der Waals surface area contributed by atoms with Crippen LogP contribution in [0.2, 0.25) is 0 Å². The van der Waals surface area contributed by atoms with E-state index in [9.17, 15) is 4.79 Å². The molecule has 2 fully saturated rings. The normalized spacial score (nSPS) is 21.6. The third-order valence-electron chi connectivity index (χ3n) is 4.87. The predicted octanol–water partition coefficient (Wildman–Crippen LogP) is 1.63. The van der Waals surface area contributed by atoms with Crippen LogP contribution in [-0.2, 0) is 4.74 Å². The lowest BCUT2D eigenvalue weighted by atomic mass is 9.80. The minimum atomic E-state index is -0.207. The molecule has 1 aliphatic heterocycles. The van der Waals surface area contributed by atoms with Crippen molar-refractivity contribution in [1.29, 1.82) is 0 Å². The van der Waals surface area contributed by atoms with E-state index in [0.717, 1.165) is 39.1 Å². The number of hydrogen-bond donors (Lipinski definition) is 2. The Kier molecular flexibility index (Phi) is 5.40. The van der Waals surface area contributed by atoms with Crippen LogP contribution in [0.4, 0.5) is 10.6 Å². The number of rotatable bonds is 4. The molecule has 7 heteroatoms. The Hall–Kier alpha value is -1.73. The molecule has 3 rings (SSSR count). The van der Waals surface area contributed by atoms with Crippen molar-refractivity contribution in [2.45, 2.75) is 37.6 Å². The highest BCUT2D eigenvalue weighted by atomic mass is 16.5. The van der Waals surface area contributed by atoms with E-state index >= 15 is 0 Å². The van der Waals surface area contributed by atoms with Gasteiger partial charge in [0.25, 0.3) is 0 Å². The largest absolute Gasteiger partial charge is 0.379 e. The number of hydrogen-bond acceptors (Lipinski definition) is 5. The smallest absolute Gasteiger partial charge is 0.320 e. The predicted molar refractivity (Wildman–Crippen MR) is 87.3 cm³/mol. The summed E-state index contributed by atoms with van der Waals surface area (Å²) in [6, 6.07) is 1.47. The molecule has 0 bridgehead atoms. The maximum Gasteiger partial charge on any atom is 0.320 e. The molecule has 0 unspecified atom stereocenters. The molecule has 1 saturated heterocycles. The lowest BCUT2D eigenvalue weighted by molar-refractivity contribution is -0.0356. The van der Waals surface area contributed by atoms with Gasteiger partial charge >= 0.3 is 6.03 Å². The van der Waals surface area contributed by atoms with Crippen molar-refractivity contribution in [1.82, 2.24) is 20.2 Å². The molecule has 1 aromatic heterocycles. The first kappa shape index (κ1) is 16.1. The SMILES string of the molecule is O=C(NCC1(N2CCOCC2)CCCCC1)Nc1ccncn1. The molecule has 7 nitrogen and oxygen atoms in total. The zero-order chi connectivity index (χ0) is 16.0. The second kappa shape index (κ2) is 7.70. The molecule has 0 atom stereocenters. The highest BCUT2D eigenvalue weighted by Crippen LogP contribution is 2.33. The van der Waals surface area contributed by atoms with Crippen molar-refractivity contribution in [2.24, 2.45) is 0 Å². The van der Waals surface area contributed by atoms with Crippen LogP contribution in [0.25, 0.3) is 0 Å². The topological polar surface area (TPSA) is 79.4 Å². The Labute approximate surface area is 136 Å². The lowest BCUT2D eigenvalue weighted by Crippen LogP contribution is -2.60. The molecule has 0 radical (unpaired) electrons. The summed E-state index contributed by atoms with van der Waals surface area (Å²) in [6.07, 6.45) is 9.06. The van der Waals surface area contributed by atoms with Crippen LogP contribution in [-0.4, -0.2) is 59.3 Å². The van der Waals surface area contributed by atoms with E-state index in [1.165, 1.54) is 25.6 Å². The fraction of sp³-hybridized carbons (Fsp3) is 0.688. The second-order valence-electron chi connectivity index (χ2n) is 6.29. The van der Waals surface area contributed by atoms with Crippen molar-refractivity contribution in [3.8, 4) is 0 Å². The minimum Gasteiger partial charge on any atom is -0.379 e. The van der Waals surface area contributed by atoms with Crippen LogP contribution in [0, 0.1) is 0 Å². The average Bonchev–Trinajstić information content (AvgIpc) is 2.62. The van der Waals surface area contributed by atoms with E-state index in [1.807, 2.05) is 0 Å². The Bertz CT molecular complexity index is 498. The summed E-state index contributed by atoms with van der Waals surface area (Å²) in [6.45, 7) is 4.15. The number of nitrogens with zero attached hydrogens (tertiary/aromatic N) is 3. The Morgan fingerprint density at radius 2 is 2.04 bits per heavy atom. The third-order valence-corrected chi connectivity index (χ3v) is 4.87. The number of anilines is 1. The minimum absolute atomic E-state index is 0.0744. The Morgan fingerprint density at radius 3 is 2.74 bits per heavy atom. The molecule has 0 aromatic carbocycles. The van der Waals surface area contributed by atoms with Crippen LogP contribution in [0.1, 0.15) is 32.1 Å². The van der Waals surface area contributed by atoms with Crippen LogP contribution in [0.3, 0.4) is 0 Å². The van der Waals surface area contributed by atoms with E-state index in [-0.39, 0.29) is 11.6 Å². The molecule has 2 N–H and O–H groups in total. The van der Waals surface area contributed by atoms with Gasteiger partial charge in [0, 0.05) is 31.4 Å².